The topological polar surface area (TPSA) is 73.8 Å². The van der Waals surface area contributed by atoms with Crippen LogP contribution in [0.1, 0.15) is 69.4 Å². The predicted molar refractivity (Wildman–Crippen MR) is 164 cm³/mol. The van der Waals surface area contributed by atoms with Gasteiger partial charge in [0.2, 0.25) is 0 Å². The highest BCUT2D eigenvalue weighted by molar-refractivity contribution is 7.07. The van der Waals surface area contributed by atoms with Crippen LogP contribution >= 0.6 is 34.5 Å². The third-order valence-electron chi connectivity index (χ3n) is 6.91. The molecule has 1 aliphatic rings. The van der Waals surface area contributed by atoms with E-state index in [1.165, 1.54) is 16.9 Å². The molecule has 3 heterocycles. The second kappa shape index (κ2) is 12.2. The number of esters is 1. The normalized spacial score (nSPS) is 15.3. The summed E-state index contributed by atoms with van der Waals surface area (Å²) in [5, 5.41) is 1.05. The van der Waals surface area contributed by atoms with E-state index in [-0.39, 0.29) is 12.2 Å². The van der Waals surface area contributed by atoms with Gasteiger partial charge in [0.1, 0.15) is 11.5 Å². The lowest BCUT2D eigenvalue weighted by molar-refractivity contribution is -0.139. The fourth-order valence-electron chi connectivity index (χ4n) is 4.89. The summed E-state index contributed by atoms with van der Waals surface area (Å²) in [5.74, 6) is 0.912. The lowest BCUT2D eigenvalue weighted by Gasteiger charge is -2.26. The van der Waals surface area contributed by atoms with Crippen LogP contribution in [0.15, 0.2) is 80.1 Å². The molecular weight excluding hydrogens is 579 g/mol. The number of hydrogen-bond acceptors (Lipinski definition) is 6. The standard InChI is InChI=1S/C32H30Cl2N2O4S/c1-5-7-25-28(31(38)39-6-2)29(20-10-8-19(9-11-20)18(3)4)36-30(37)27(41-32(36)35-25)17-22-13-15-26(40-22)23-16-21(33)12-14-24(23)34/h8-18,29H,5-7H2,1-4H3/b27-17-/t29-/m0/s1. The maximum atomic E-state index is 14.0. The molecule has 9 heteroatoms. The average Bonchev–Trinajstić information content (AvgIpc) is 3.54. The Labute approximate surface area is 252 Å². The molecule has 1 aliphatic heterocycles. The van der Waals surface area contributed by atoms with Gasteiger partial charge in [-0.1, -0.05) is 86.0 Å². The summed E-state index contributed by atoms with van der Waals surface area (Å²) in [5.41, 5.74) is 3.44. The number of hydrogen-bond donors (Lipinski definition) is 0. The van der Waals surface area contributed by atoms with Crippen LogP contribution in [0.5, 0.6) is 0 Å². The smallest absolute Gasteiger partial charge is 0.338 e. The average molecular weight is 610 g/mol. The molecule has 0 aliphatic carbocycles. The van der Waals surface area contributed by atoms with Gasteiger partial charge in [0.05, 0.1) is 33.5 Å². The SMILES string of the molecule is CCCC1=C(C(=O)OCC)[C@H](c2ccc(C(C)C)cc2)n2c(s/c(=C\c3ccc(-c4cc(Cl)ccc4Cl)o3)c2=O)=N1. The van der Waals surface area contributed by atoms with Crippen molar-refractivity contribution in [3.05, 3.63) is 112 Å². The number of nitrogens with zero attached hydrogens (tertiary/aromatic N) is 2. The molecule has 4 aromatic rings. The number of rotatable bonds is 8. The number of carbonyl (C=O) groups is 1. The van der Waals surface area contributed by atoms with E-state index < -0.39 is 12.0 Å². The minimum absolute atomic E-state index is 0.225. The first kappa shape index (κ1) is 29.1. The summed E-state index contributed by atoms with van der Waals surface area (Å²) in [6.07, 6.45) is 3.07. The van der Waals surface area contributed by atoms with Crippen LogP contribution in [-0.4, -0.2) is 17.1 Å². The number of carbonyl (C=O) groups excluding carboxylic acids is 1. The van der Waals surface area contributed by atoms with Crippen LogP contribution in [0.2, 0.25) is 10.0 Å². The van der Waals surface area contributed by atoms with E-state index in [0.717, 1.165) is 12.0 Å². The van der Waals surface area contributed by atoms with Gasteiger partial charge in [-0.15, -0.1) is 0 Å². The van der Waals surface area contributed by atoms with Crippen molar-refractivity contribution in [1.29, 1.82) is 0 Å². The molecule has 2 aromatic heterocycles. The van der Waals surface area contributed by atoms with Crippen LogP contribution in [-0.2, 0) is 9.53 Å². The van der Waals surface area contributed by atoms with Crippen LogP contribution in [0.4, 0.5) is 0 Å². The largest absolute Gasteiger partial charge is 0.463 e. The molecule has 0 bridgehead atoms. The van der Waals surface area contributed by atoms with E-state index in [9.17, 15) is 9.59 Å². The fraction of sp³-hybridized carbons (Fsp3) is 0.281. The number of ether oxygens (including phenoxy) is 1. The Morgan fingerprint density at radius 2 is 1.88 bits per heavy atom. The third kappa shape index (κ3) is 5.85. The fourth-order valence-corrected chi connectivity index (χ4v) is 6.27. The third-order valence-corrected chi connectivity index (χ3v) is 8.45. The molecule has 1 atom stereocenters. The number of benzene rings is 2. The highest BCUT2D eigenvalue weighted by Gasteiger charge is 2.34. The number of thiazole rings is 1. The van der Waals surface area contributed by atoms with Gasteiger partial charge in [-0.3, -0.25) is 9.36 Å². The van der Waals surface area contributed by atoms with Crippen LogP contribution in [0.25, 0.3) is 17.4 Å². The first-order valence-electron chi connectivity index (χ1n) is 13.6. The lowest BCUT2D eigenvalue weighted by Crippen LogP contribution is -2.40. The Morgan fingerprint density at radius 1 is 1.12 bits per heavy atom. The Morgan fingerprint density at radius 3 is 2.56 bits per heavy atom. The van der Waals surface area contributed by atoms with Gasteiger partial charge < -0.3 is 9.15 Å². The number of halogens is 2. The second-order valence-electron chi connectivity index (χ2n) is 10.1. The van der Waals surface area contributed by atoms with E-state index in [1.807, 2.05) is 31.2 Å². The summed E-state index contributed by atoms with van der Waals surface area (Å²) < 4.78 is 13.6. The van der Waals surface area contributed by atoms with Crippen molar-refractivity contribution < 1.29 is 13.9 Å². The molecule has 2 aromatic carbocycles. The zero-order chi connectivity index (χ0) is 29.3. The van der Waals surface area contributed by atoms with Crippen molar-refractivity contribution in [3.63, 3.8) is 0 Å². The van der Waals surface area contributed by atoms with Crippen LogP contribution in [0, 0.1) is 0 Å². The summed E-state index contributed by atoms with van der Waals surface area (Å²) in [6.45, 7) is 8.29. The predicted octanol–water partition coefficient (Wildman–Crippen LogP) is 7.27. The highest BCUT2D eigenvalue weighted by Crippen LogP contribution is 2.34. The molecule has 0 radical (unpaired) electrons. The Kier molecular flexibility index (Phi) is 8.68. The molecule has 6 nitrogen and oxygen atoms in total. The van der Waals surface area contributed by atoms with Crippen LogP contribution in [0.3, 0.4) is 0 Å². The van der Waals surface area contributed by atoms with E-state index in [4.69, 9.17) is 37.3 Å². The minimum atomic E-state index is -0.660. The maximum Gasteiger partial charge on any atom is 0.338 e. The van der Waals surface area contributed by atoms with Gasteiger partial charge >= 0.3 is 5.97 Å². The van der Waals surface area contributed by atoms with E-state index >= 15 is 0 Å². The maximum absolute atomic E-state index is 14.0. The minimum Gasteiger partial charge on any atom is -0.463 e. The highest BCUT2D eigenvalue weighted by atomic mass is 35.5. The van der Waals surface area contributed by atoms with Crippen LogP contribution < -0.4 is 14.9 Å². The number of fused-ring (bicyclic) bond motifs is 1. The van der Waals surface area contributed by atoms with Gasteiger partial charge in [0, 0.05) is 16.7 Å². The number of allylic oxidation sites excluding steroid dienone is 1. The molecule has 0 fully saturated rings. The van der Waals surface area contributed by atoms with Gasteiger partial charge in [-0.25, -0.2) is 9.79 Å². The molecule has 0 amide bonds. The molecule has 0 spiro atoms. The van der Waals surface area contributed by atoms with E-state index in [2.05, 4.69) is 13.8 Å². The summed E-state index contributed by atoms with van der Waals surface area (Å²) in [7, 11) is 0. The first-order chi connectivity index (χ1) is 19.7. The summed E-state index contributed by atoms with van der Waals surface area (Å²) >= 11 is 13.8. The quantitative estimate of drug-likeness (QED) is 0.197. The lowest BCUT2D eigenvalue weighted by atomic mass is 9.92. The molecule has 0 saturated heterocycles. The Bertz CT molecular complexity index is 1810. The van der Waals surface area contributed by atoms with Crippen molar-refractivity contribution in [2.45, 2.75) is 52.5 Å². The van der Waals surface area contributed by atoms with Crippen molar-refractivity contribution in [2.24, 2.45) is 4.99 Å². The first-order valence-corrected chi connectivity index (χ1v) is 15.2. The molecule has 0 saturated carbocycles. The van der Waals surface area contributed by atoms with Gasteiger partial charge in [-0.2, -0.15) is 0 Å². The molecule has 41 heavy (non-hydrogen) atoms. The van der Waals surface area contributed by atoms with Crippen molar-refractivity contribution >= 4 is 46.6 Å². The van der Waals surface area contributed by atoms with Crippen molar-refractivity contribution in [2.75, 3.05) is 6.61 Å². The number of aromatic nitrogens is 1. The van der Waals surface area contributed by atoms with E-state index in [1.54, 1.807) is 47.9 Å². The van der Waals surface area contributed by atoms with E-state index in [0.29, 0.717) is 60.1 Å². The van der Waals surface area contributed by atoms with Gasteiger partial charge in [0.15, 0.2) is 4.80 Å². The number of furan rings is 1. The molecular formula is C32H30Cl2N2O4S. The zero-order valence-corrected chi connectivity index (χ0v) is 25.6. The zero-order valence-electron chi connectivity index (χ0n) is 23.2. The molecule has 0 N–H and O–H groups in total. The Balaban J connectivity index is 1.67. The molecule has 212 valence electrons. The van der Waals surface area contributed by atoms with Crippen molar-refractivity contribution in [1.82, 2.24) is 4.57 Å². The summed E-state index contributed by atoms with van der Waals surface area (Å²) in [4.78, 5) is 32.7. The summed E-state index contributed by atoms with van der Waals surface area (Å²) in [6, 6.07) is 16.1. The Hall–Kier alpha value is -3.39. The van der Waals surface area contributed by atoms with Gasteiger partial charge in [-0.05, 0) is 60.7 Å². The monoisotopic (exact) mass is 608 g/mol. The molecule has 0 unspecified atom stereocenters. The van der Waals surface area contributed by atoms with Crippen molar-refractivity contribution in [3.8, 4) is 11.3 Å². The second-order valence-corrected chi connectivity index (χ2v) is 11.9. The molecule has 5 rings (SSSR count). The van der Waals surface area contributed by atoms with Gasteiger partial charge in [0.25, 0.3) is 5.56 Å².